The molecule has 0 spiro atoms. The van der Waals surface area contributed by atoms with Gasteiger partial charge in [0.1, 0.15) is 15.7 Å². The molecule has 1 rings (SSSR count). The van der Waals surface area contributed by atoms with Gasteiger partial charge < -0.3 is 0 Å². The summed E-state index contributed by atoms with van der Waals surface area (Å²) in [6.07, 6.45) is 4.79. The second-order valence-corrected chi connectivity index (χ2v) is 2.57. The van der Waals surface area contributed by atoms with Crippen LogP contribution in [-0.4, -0.2) is 15.7 Å². The Balaban J connectivity index is 2.74. The standard InChI is InChI=1S/C7H8B2/c1-5-2-6(8)4-7(9)3-5/h2,4-5H,3H2,1H3. The molecular weight excluding hydrogens is 106 g/mol. The molecule has 1 aliphatic rings. The molecule has 1 aliphatic carbocycles. The van der Waals surface area contributed by atoms with E-state index in [2.05, 4.69) is 6.92 Å². The van der Waals surface area contributed by atoms with Gasteiger partial charge in [-0.05, 0) is 12.3 Å². The molecule has 0 nitrogen and oxygen atoms in total. The zero-order valence-electron chi connectivity index (χ0n) is 5.59. The Labute approximate surface area is 58.8 Å². The van der Waals surface area contributed by atoms with Gasteiger partial charge in [-0.3, -0.25) is 0 Å². The summed E-state index contributed by atoms with van der Waals surface area (Å²) >= 11 is 0. The first-order chi connectivity index (χ1) is 4.18. The lowest BCUT2D eigenvalue weighted by molar-refractivity contribution is 0.726. The SMILES string of the molecule is [B]C1=CC(C)CC([B])=C1. The van der Waals surface area contributed by atoms with Gasteiger partial charge in [0.05, 0.1) is 0 Å². The third kappa shape index (κ3) is 1.78. The average molecular weight is 114 g/mol. The zero-order valence-corrected chi connectivity index (χ0v) is 5.59. The average Bonchev–Trinajstić information content (AvgIpc) is 1.59. The van der Waals surface area contributed by atoms with Gasteiger partial charge in [-0.15, -0.1) is 10.9 Å². The van der Waals surface area contributed by atoms with Gasteiger partial charge in [0.2, 0.25) is 0 Å². The second-order valence-electron chi connectivity index (χ2n) is 2.57. The lowest BCUT2D eigenvalue weighted by atomic mass is 9.76. The van der Waals surface area contributed by atoms with Crippen LogP contribution in [0.2, 0.25) is 0 Å². The quantitative estimate of drug-likeness (QED) is 0.414. The van der Waals surface area contributed by atoms with Gasteiger partial charge in [-0.2, -0.15) is 0 Å². The van der Waals surface area contributed by atoms with Crippen molar-refractivity contribution >= 4 is 15.7 Å². The molecule has 0 amide bonds. The first-order valence-electron chi connectivity index (χ1n) is 3.12. The molecule has 0 aromatic rings. The van der Waals surface area contributed by atoms with Crippen molar-refractivity contribution < 1.29 is 0 Å². The largest absolute Gasteiger partial charge is 0.118 e. The van der Waals surface area contributed by atoms with Crippen molar-refractivity contribution in [3.05, 3.63) is 23.1 Å². The normalized spacial score (nSPS) is 27.0. The van der Waals surface area contributed by atoms with Gasteiger partial charge >= 0.3 is 0 Å². The van der Waals surface area contributed by atoms with E-state index in [0.717, 1.165) is 17.4 Å². The topological polar surface area (TPSA) is 0 Å². The third-order valence-electron chi connectivity index (χ3n) is 1.39. The minimum Gasteiger partial charge on any atom is -0.118 e. The van der Waals surface area contributed by atoms with Crippen LogP contribution in [0.3, 0.4) is 0 Å². The molecule has 0 aromatic heterocycles. The van der Waals surface area contributed by atoms with Crippen molar-refractivity contribution in [3.8, 4) is 0 Å². The molecule has 0 fully saturated rings. The lowest BCUT2D eigenvalue weighted by Gasteiger charge is -2.13. The summed E-state index contributed by atoms with van der Waals surface area (Å²) in [5.41, 5.74) is 1.69. The van der Waals surface area contributed by atoms with Crippen molar-refractivity contribution in [1.29, 1.82) is 0 Å². The summed E-state index contributed by atoms with van der Waals surface area (Å²) in [6.45, 7) is 2.10. The molecule has 0 saturated carbocycles. The summed E-state index contributed by atoms with van der Waals surface area (Å²) in [5, 5.41) is 0. The first-order valence-corrected chi connectivity index (χ1v) is 3.12. The summed E-state index contributed by atoms with van der Waals surface area (Å²) in [5.74, 6) is 0.509. The van der Waals surface area contributed by atoms with Gasteiger partial charge in [-0.25, -0.2) is 0 Å². The summed E-state index contributed by atoms with van der Waals surface area (Å²) < 4.78 is 0. The maximum atomic E-state index is 5.56. The number of rotatable bonds is 0. The van der Waals surface area contributed by atoms with E-state index in [-0.39, 0.29) is 0 Å². The minimum atomic E-state index is 0.509. The minimum absolute atomic E-state index is 0.509. The van der Waals surface area contributed by atoms with E-state index in [1.54, 1.807) is 0 Å². The Kier molecular flexibility index (Phi) is 1.84. The molecule has 0 saturated heterocycles. The van der Waals surface area contributed by atoms with Gasteiger partial charge in [0.25, 0.3) is 0 Å². The van der Waals surface area contributed by atoms with Crippen molar-refractivity contribution in [2.24, 2.45) is 5.92 Å². The van der Waals surface area contributed by atoms with Crippen LogP contribution in [0.1, 0.15) is 13.3 Å². The molecule has 1 atom stereocenters. The fourth-order valence-corrected chi connectivity index (χ4v) is 1.08. The monoisotopic (exact) mass is 114 g/mol. The lowest BCUT2D eigenvalue weighted by Crippen LogP contribution is -2.00. The Morgan fingerprint density at radius 3 is 2.67 bits per heavy atom. The molecular formula is C7H8B2. The highest BCUT2D eigenvalue weighted by Crippen LogP contribution is 2.17. The molecule has 0 bridgehead atoms. The molecule has 2 heteroatoms. The Hall–Kier alpha value is -0.390. The van der Waals surface area contributed by atoms with E-state index in [0.29, 0.717) is 5.92 Å². The van der Waals surface area contributed by atoms with E-state index < -0.39 is 0 Å². The Morgan fingerprint density at radius 2 is 2.22 bits per heavy atom. The van der Waals surface area contributed by atoms with E-state index in [1.807, 2.05) is 12.2 Å². The van der Waals surface area contributed by atoms with E-state index in [4.69, 9.17) is 15.7 Å². The van der Waals surface area contributed by atoms with Crippen LogP contribution in [0, 0.1) is 5.92 Å². The number of hydrogen-bond donors (Lipinski definition) is 0. The fourth-order valence-electron chi connectivity index (χ4n) is 1.08. The number of allylic oxidation sites excluding steroid dienone is 4. The fraction of sp³-hybridized carbons (Fsp3) is 0.429. The van der Waals surface area contributed by atoms with Crippen LogP contribution in [0.15, 0.2) is 23.1 Å². The van der Waals surface area contributed by atoms with Crippen molar-refractivity contribution in [3.63, 3.8) is 0 Å². The van der Waals surface area contributed by atoms with Crippen molar-refractivity contribution in [1.82, 2.24) is 0 Å². The highest BCUT2D eigenvalue weighted by molar-refractivity contribution is 6.27. The predicted molar refractivity (Wildman–Crippen MR) is 41.5 cm³/mol. The Morgan fingerprint density at radius 1 is 1.56 bits per heavy atom. The van der Waals surface area contributed by atoms with Crippen molar-refractivity contribution in [2.45, 2.75) is 13.3 Å². The van der Waals surface area contributed by atoms with E-state index in [9.17, 15) is 0 Å². The molecule has 0 aliphatic heterocycles. The van der Waals surface area contributed by atoms with Crippen LogP contribution in [-0.2, 0) is 0 Å². The zero-order chi connectivity index (χ0) is 6.85. The molecule has 0 aromatic carbocycles. The first kappa shape index (κ1) is 6.73. The highest BCUT2D eigenvalue weighted by Gasteiger charge is 2.03. The summed E-state index contributed by atoms with van der Waals surface area (Å²) in [7, 11) is 11.1. The molecule has 1 unspecified atom stereocenters. The van der Waals surface area contributed by atoms with Gasteiger partial charge in [0, 0.05) is 0 Å². The van der Waals surface area contributed by atoms with Crippen LogP contribution in [0.4, 0.5) is 0 Å². The smallest absolute Gasteiger partial charge is 0.113 e. The van der Waals surface area contributed by atoms with Crippen LogP contribution in [0.5, 0.6) is 0 Å². The second kappa shape index (κ2) is 2.47. The van der Waals surface area contributed by atoms with E-state index >= 15 is 0 Å². The predicted octanol–water partition coefficient (Wildman–Crippen LogP) is 1.13. The third-order valence-corrected chi connectivity index (χ3v) is 1.39. The Bertz CT molecular complexity index is 168. The van der Waals surface area contributed by atoms with Crippen LogP contribution in [0.25, 0.3) is 0 Å². The molecule has 4 radical (unpaired) electrons. The van der Waals surface area contributed by atoms with Crippen molar-refractivity contribution in [2.75, 3.05) is 0 Å². The van der Waals surface area contributed by atoms with E-state index in [1.165, 1.54) is 0 Å². The maximum absolute atomic E-state index is 5.56. The molecule has 0 N–H and O–H groups in total. The maximum Gasteiger partial charge on any atom is 0.113 e. The van der Waals surface area contributed by atoms with Crippen LogP contribution < -0.4 is 0 Å². The summed E-state index contributed by atoms with van der Waals surface area (Å²) in [4.78, 5) is 0. The van der Waals surface area contributed by atoms with Gasteiger partial charge in [0.15, 0.2) is 0 Å². The summed E-state index contributed by atoms with van der Waals surface area (Å²) in [6, 6.07) is 0. The molecule has 0 heterocycles. The molecule has 42 valence electrons. The van der Waals surface area contributed by atoms with Crippen LogP contribution >= 0.6 is 0 Å². The molecule has 9 heavy (non-hydrogen) atoms. The number of hydrogen-bond acceptors (Lipinski definition) is 0. The highest BCUT2D eigenvalue weighted by atomic mass is 14.0. The van der Waals surface area contributed by atoms with Gasteiger partial charge in [-0.1, -0.05) is 19.1 Å².